The molecule has 0 radical (unpaired) electrons. The molecular formula is C14H17NO3. The Morgan fingerprint density at radius 2 is 1.94 bits per heavy atom. The van der Waals surface area contributed by atoms with Crippen molar-refractivity contribution < 1.29 is 14.7 Å². The fourth-order valence-electron chi connectivity index (χ4n) is 2.34. The highest BCUT2D eigenvalue weighted by Crippen LogP contribution is 2.30. The summed E-state index contributed by atoms with van der Waals surface area (Å²) >= 11 is 0. The number of amides is 1. The van der Waals surface area contributed by atoms with Crippen LogP contribution in [-0.4, -0.2) is 23.5 Å². The van der Waals surface area contributed by atoms with Crippen molar-refractivity contribution in [2.45, 2.75) is 25.7 Å². The average molecular weight is 247 g/mol. The van der Waals surface area contributed by atoms with E-state index >= 15 is 0 Å². The summed E-state index contributed by atoms with van der Waals surface area (Å²) in [6.45, 7) is 4.61. The highest BCUT2D eigenvalue weighted by Gasteiger charge is 2.40. The van der Waals surface area contributed by atoms with E-state index in [0.29, 0.717) is 12.5 Å². The van der Waals surface area contributed by atoms with E-state index in [4.69, 9.17) is 5.11 Å². The van der Waals surface area contributed by atoms with Gasteiger partial charge in [-0.25, -0.2) is 0 Å². The van der Waals surface area contributed by atoms with E-state index in [1.54, 1.807) is 0 Å². The van der Waals surface area contributed by atoms with Gasteiger partial charge in [-0.1, -0.05) is 38.1 Å². The summed E-state index contributed by atoms with van der Waals surface area (Å²) in [5, 5.41) is 11.7. The SMILES string of the molecule is CC(C)c1ccc(C2CNC(=O)C2C(=O)O)cc1. The minimum atomic E-state index is -1.05. The fraction of sp³-hybridized carbons (Fsp3) is 0.429. The Morgan fingerprint density at radius 3 is 2.44 bits per heavy atom. The maximum absolute atomic E-state index is 11.5. The van der Waals surface area contributed by atoms with Crippen LogP contribution in [0, 0.1) is 5.92 Å². The summed E-state index contributed by atoms with van der Waals surface area (Å²) in [6.07, 6.45) is 0. The molecule has 96 valence electrons. The Kier molecular flexibility index (Phi) is 3.36. The lowest BCUT2D eigenvalue weighted by atomic mass is 9.87. The predicted molar refractivity (Wildman–Crippen MR) is 67.4 cm³/mol. The van der Waals surface area contributed by atoms with Crippen LogP contribution < -0.4 is 5.32 Å². The molecular weight excluding hydrogens is 230 g/mol. The summed E-state index contributed by atoms with van der Waals surface area (Å²) in [5.74, 6) is -2.23. The van der Waals surface area contributed by atoms with Crippen molar-refractivity contribution in [3.63, 3.8) is 0 Å². The molecule has 2 N–H and O–H groups in total. The van der Waals surface area contributed by atoms with E-state index in [1.807, 2.05) is 24.3 Å². The topological polar surface area (TPSA) is 66.4 Å². The number of nitrogens with one attached hydrogen (secondary N) is 1. The summed E-state index contributed by atoms with van der Waals surface area (Å²) in [6, 6.07) is 7.86. The molecule has 1 aliphatic rings. The largest absolute Gasteiger partial charge is 0.481 e. The maximum Gasteiger partial charge on any atom is 0.316 e. The van der Waals surface area contributed by atoms with Crippen molar-refractivity contribution in [2.24, 2.45) is 5.92 Å². The van der Waals surface area contributed by atoms with Crippen molar-refractivity contribution in [2.75, 3.05) is 6.54 Å². The molecule has 1 aliphatic heterocycles. The van der Waals surface area contributed by atoms with Gasteiger partial charge in [0.2, 0.25) is 5.91 Å². The average Bonchev–Trinajstić information content (AvgIpc) is 2.71. The number of carboxylic acid groups (broad SMARTS) is 1. The first kappa shape index (κ1) is 12.6. The van der Waals surface area contributed by atoms with E-state index in [9.17, 15) is 9.59 Å². The van der Waals surface area contributed by atoms with E-state index in [-0.39, 0.29) is 11.8 Å². The summed E-state index contributed by atoms with van der Waals surface area (Å²) in [5.41, 5.74) is 2.12. The first-order valence-electron chi connectivity index (χ1n) is 6.11. The third kappa shape index (κ3) is 2.23. The maximum atomic E-state index is 11.5. The first-order chi connectivity index (χ1) is 8.50. The van der Waals surface area contributed by atoms with Crippen LogP contribution in [0.25, 0.3) is 0 Å². The fourth-order valence-corrected chi connectivity index (χ4v) is 2.34. The number of hydrogen-bond acceptors (Lipinski definition) is 2. The highest BCUT2D eigenvalue weighted by atomic mass is 16.4. The molecule has 2 rings (SSSR count). The van der Waals surface area contributed by atoms with Gasteiger partial charge in [-0.15, -0.1) is 0 Å². The smallest absolute Gasteiger partial charge is 0.316 e. The van der Waals surface area contributed by atoms with Crippen LogP contribution in [0.3, 0.4) is 0 Å². The zero-order chi connectivity index (χ0) is 13.3. The molecule has 1 aromatic rings. The van der Waals surface area contributed by atoms with E-state index in [0.717, 1.165) is 5.56 Å². The van der Waals surface area contributed by atoms with Gasteiger partial charge in [0, 0.05) is 12.5 Å². The molecule has 0 saturated carbocycles. The number of carbonyl (C=O) groups is 2. The third-order valence-corrected chi connectivity index (χ3v) is 3.48. The highest BCUT2D eigenvalue weighted by molar-refractivity contribution is 5.99. The molecule has 1 saturated heterocycles. The second kappa shape index (κ2) is 4.80. The van der Waals surface area contributed by atoms with E-state index in [1.165, 1.54) is 5.56 Å². The molecule has 18 heavy (non-hydrogen) atoms. The van der Waals surface area contributed by atoms with Crippen LogP contribution in [0.4, 0.5) is 0 Å². The number of rotatable bonds is 3. The van der Waals surface area contributed by atoms with Gasteiger partial charge in [-0.05, 0) is 17.0 Å². The van der Waals surface area contributed by atoms with Gasteiger partial charge in [0.15, 0.2) is 0 Å². The summed E-state index contributed by atoms with van der Waals surface area (Å²) in [4.78, 5) is 22.6. The van der Waals surface area contributed by atoms with Gasteiger partial charge in [-0.2, -0.15) is 0 Å². The molecule has 1 heterocycles. The van der Waals surface area contributed by atoms with Gasteiger partial charge in [0.25, 0.3) is 0 Å². The minimum Gasteiger partial charge on any atom is -0.481 e. The number of carbonyl (C=O) groups excluding carboxylic acids is 1. The van der Waals surface area contributed by atoms with Crippen LogP contribution >= 0.6 is 0 Å². The second-order valence-corrected chi connectivity index (χ2v) is 4.99. The van der Waals surface area contributed by atoms with Gasteiger partial charge in [0.1, 0.15) is 5.92 Å². The Labute approximate surface area is 106 Å². The van der Waals surface area contributed by atoms with Crippen molar-refractivity contribution in [3.05, 3.63) is 35.4 Å². The Balaban J connectivity index is 2.26. The molecule has 1 fully saturated rings. The van der Waals surface area contributed by atoms with Gasteiger partial charge >= 0.3 is 5.97 Å². The molecule has 0 spiro atoms. The Morgan fingerprint density at radius 1 is 1.33 bits per heavy atom. The quantitative estimate of drug-likeness (QED) is 0.799. The normalized spacial score (nSPS) is 23.2. The van der Waals surface area contributed by atoms with Crippen LogP contribution in [0.2, 0.25) is 0 Å². The zero-order valence-corrected chi connectivity index (χ0v) is 10.5. The van der Waals surface area contributed by atoms with Crippen LogP contribution in [0.5, 0.6) is 0 Å². The molecule has 0 aliphatic carbocycles. The van der Waals surface area contributed by atoms with E-state index in [2.05, 4.69) is 19.2 Å². The molecule has 1 amide bonds. The minimum absolute atomic E-state index is 0.267. The number of hydrogen-bond donors (Lipinski definition) is 2. The van der Waals surface area contributed by atoms with Crippen LogP contribution in [-0.2, 0) is 9.59 Å². The first-order valence-corrected chi connectivity index (χ1v) is 6.11. The number of aliphatic carboxylic acids is 1. The molecule has 1 aromatic carbocycles. The summed E-state index contributed by atoms with van der Waals surface area (Å²) < 4.78 is 0. The lowest BCUT2D eigenvalue weighted by Crippen LogP contribution is -2.26. The Hall–Kier alpha value is -1.84. The molecule has 4 heteroatoms. The van der Waals surface area contributed by atoms with Crippen molar-refractivity contribution in [1.82, 2.24) is 5.32 Å². The lowest BCUT2D eigenvalue weighted by molar-refractivity contribution is -0.145. The van der Waals surface area contributed by atoms with Crippen molar-refractivity contribution in [3.8, 4) is 0 Å². The number of carboxylic acids is 1. The molecule has 4 nitrogen and oxygen atoms in total. The molecule has 0 bridgehead atoms. The lowest BCUT2D eigenvalue weighted by Gasteiger charge is -2.14. The van der Waals surface area contributed by atoms with Gasteiger partial charge in [0.05, 0.1) is 0 Å². The molecule has 2 unspecified atom stereocenters. The van der Waals surface area contributed by atoms with Crippen molar-refractivity contribution in [1.29, 1.82) is 0 Å². The van der Waals surface area contributed by atoms with Gasteiger partial charge in [-0.3, -0.25) is 9.59 Å². The predicted octanol–water partition coefficient (Wildman–Crippen LogP) is 1.72. The standard InChI is InChI=1S/C14H17NO3/c1-8(2)9-3-5-10(6-4-9)11-7-15-13(16)12(11)14(17)18/h3-6,8,11-12H,7H2,1-2H3,(H,15,16)(H,17,18). The number of benzene rings is 1. The Bertz CT molecular complexity index is 464. The monoisotopic (exact) mass is 247 g/mol. The van der Waals surface area contributed by atoms with Crippen LogP contribution in [0.15, 0.2) is 24.3 Å². The van der Waals surface area contributed by atoms with Crippen molar-refractivity contribution >= 4 is 11.9 Å². The molecule has 0 aromatic heterocycles. The third-order valence-electron chi connectivity index (χ3n) is 3.48. The summed E-state index contributed by atoms with van der Waals surface area (Å²) in [7, 11) is 0. The second-order valence-electron chi connectivity index (χ2n) is 4.99. The van der Waals surface area contributed by atoms with Gasteiger partial charge < -0.3 is 10.4 Å². The molecule has 2 atom stereocenters. The van der Waals surface area contributed by atoms with E-state index < -0.39 is 11.9 Å². The zero-order valence-electron chi connectivity index (χ0n) is 10.5. The van der Waals surface area contributed by atoms with Crippen LogP contribution in [0.1, 0.15) is 36.8 Å².